The molecule has 8 nitrogen and oxygen atoms in total. The monoisotopic (exact) mass is 332 g/mol. The van der Waals surface area contributed by atoms with Gasteiger partial charge in [-0.3, -0.25) is 19.3 Å². The van der Waals surface area contributed by atoms with Crippen LogP contribution < -0.4 is 5.32 Å². The summed E-state index contributed by atoms with van der Waals surface area (Å²) in [7, 11) is 0. The molecule has 1 aromatic carbocycles. The van der Waals surface area contributed by atoms with Gasteiger partial charge in [0, 0.05) is 12.1 Å². The number of nitrogens with zero attached hydrogens (tertiary/aromatic N) is 1. The van der Waals surface area contributed by atoms with Gasteiger partial charge in [0.05, 0.1) is 17.2 Å². The van der Waals surface area contributed by atoms with Crippen molar-refractivity contribution in [3.8, 4) is 0 Å². The predicted octanol–water partition coefficient (Wildman–Crippen LogP) is 0.0324. The second kappa shape index (κ2) is 6.63. The molecule has 2 rings (SSSR count). The maximum absolute atomic E-state index is 12.2. The summed E-state index contributed by atoms with van der Waals surface area (Å²) in [5, 5.41) is 20.5. The largest absolute Gasteiger partial charge is 0.480 e. The molecule has 3 N–H and O–H groups in total. The molecule has 1 aliphatic heterocycles. The number of amides is 3. The zero-order valence-corrected chi connectivity index (χ0v) is 12.9. The smallest absolute Gasteiger partial charge is 0.328 e. The summed E-state index contributed by atoms with van der Waals surface area (Å²) in [6.45, 7) is 4.76. The molecule has 24 heavy (non-hydrogen) atoms. The normalized spacial score (nSPS) is 15.7. The molecule has 1 heterocycles. The van der Waals surface area contributed by atoms with E-state index in [4.69, 9.17) is 5.11 Å². The fourth-order valence-electron chi connectivity index (χ4n) is 2.34. The summed E-state index contributed by atoms with van der Waals surface area (Å²) in [6.07, 6.45) is 0.113. The van der Waals surface area contributed by atoms with Gasteiger partial charge in [-0.1, -0.05) is 6.08 Å². The standard InChI is InChI=1S/C16H16N2O6/c1-3-6-18-14(21)10-5-4-9(7-11(10)15(18)22)13(20)17-12(8(2)19)16(23)24/h3-5,7-8,12,19H,1,6H2,2H3,(H,17,20)(H,23,24)/t8-,12-/m0/s1. The Morgan fingerprint density at radius 2 is 1.92 bits per heavy atom. The molecule has 1 aliphatic rings. The third-order valence-corrected chi connectivity index (χ3v) is 3.58. The Hall–Kier alpha value is -3.00. The molecule has 8 heteroatoms. The lowest BCUT2D eigenvalue weighted by atomic mass is 10.0. The number of hydrogen-bond acceptors (Lipinski definition) is 5. The van der Waals surface area contributed by atoms with E-state index < -0.39 is 35.8 Å². The van der Waals surface area contributed by atoms with Gasteiger partial charge in [0.2, 0.25) is 0 Å². The quantitative estimate of drug-likeness (QED) is 0.499. The number of hydrogen-bond donors (Lipinski definition) is 3. The topological polar surface area (TPSA) is 124 Å². The van der Waals surface area contributed by atoms with Crippen LogP contribution in [0.25, 0.3) is 0 Å². The van der Waals surface area contributed by atoms with Gasteiger partial charge in [-0.2, -0.15) is 0 Å². The minimum Gasteiger partial charge on any atom is -0.480 e. The van der Waals surface area contributed by atoms with Crippen molar-refractivity contribution in [1.29, 1.82) is 0 Å². The molecular formula is C16H16N2O6. The second-order valence-corrected chi connectivity index (χ2v) is 5.30. The van der Waals surface area contributed by atoms with Gasteiger partial charge in [-0.05, 0) is 25.1 Å². The number of aliphatic hydroxyl groups is 1. The summed E-state index contributed by atoms with van der Waals surface area (Å²) in [5.74, 6) is -3.18. The van der Waals surface area contributed by atoms with E-state index in [1.54, 1.807) is 0 Å². The number of nitrogens with one attached hydrogen (secondary N) is 1. The first-order chi connectivity index (χ1) is 11.3. The van der Waals surface area contributed by atoms with Crippen LogP contribution >= 0.6 is 0 Å². The van der Waals surface area contributed by atoms with Gasteiger partial charge in [-0.25, -0.2) is 4.79 Å². The number of fused-ring (bicyclic) bond motifs is 1. The Balaban J connectivity index is 2.28. The van der Waals surface area contributed by atoms with Crippen LogP contribution in [0.1, 0.15) is 38.0 Å². The van der Waals surface area contributed by atoms with Gasteiger partial charge < -0.3 is 15.5 Å². The van der Waals surface area contributed by atoms with E-state index in [0.717, 1.165) is 4.90 Å². The third kappa shape index (κ3) is 3.04. The van der Waals surface area contributed by atoms with Crippen LogP contribution in [0, 0.1) is 0 Å². The Morgan fingerprint density at radius 1 is 1.29 bits per heavy atom. The molecule has 0 bridgehead atoms. The van der Waals surface area contributed by atoms with Crippen molar-refractivity contribution in [1.82, 2.24) is 10.2 Å². The first-order valence-electron chi connectivity index (χ1n) is 7.10. The van der Waals surface area contributed by atoms with Crippen LogP contribution in [-0.4, -0.2) is 57.5 Å². The number of imide groups is 1. The van der Waals surface area contributed by atoms with Crippen LogP contribution in [0.2, 0.25) is 0 Å². The maximum Gasteiger partial charge on any atom is 0.328 e. The van der Waals surface area contributed by atoms with Crippen LogP contribution in [0.4, 0.5) is 0 Å². The highest BCUT2D eigenvalue weighted by molar-refractivity contribution is 6.22. The zero-order chi connectivity index (χ0) is 18.0. The molecule has 1 aromatic rings. The summed E-state index contributed by atoms with van der Waals surface area (Å²) >= 11 is 0. The van der Waals surface area contributed by atoms with Crippen molar-refractivity contribution >= 4 is 23.7 Å². The predicted molar refractivity (Wildman–Crippen MR) is 82.6 cm³/mol. The minimum absolute atomic E-state index is 0.0160. The molecule has 0 saturated heterocycles. The molecule has 3 amide bonds. The van der Waals surface area contributed by atoms with Gasteiger partial charge in [-0.15, -0.1) is 6.58 Å². The van der Waals surface area contributed by atoms with Gasteiger partial charge in [0.1, 0.15) is 0 Å². The number of aliphatic hydroxyl groups excluding tert-OH is 1. The van der Waals surface area contributed by atoms with Crippen LogP contribution in [-0.2, 0) is 4.79 Å². The molecule has 0 spiro atoms. The number of carboxylic acid groups (broad SMARTS) is 1. The van der Waals surface area contributed by atoms with E-state index in [-0.39, 0.29) is 23.2 Å². The molecule has 0 aliphatic carbocycles. The molecule has 0 saturated carbocycles. The first kappa shape index (κ1) is 17.4. The van der Waals surface area contributed by atoms with Crippen molar-refractivity contribution in [3.63, 3.8) is 0 Å². The lowest BCUT2D eigenvalue weighted by Crippen LogP contribution is -2.47. The van der Waals surface area contributed by atoms with E-state index in [0.29, 0.717) is 0 Å². The summed E-state index contributed by atoms with van der Waals surface area (Å²) in [5.41, 5.74) is 0.254. The van der Waals surface area contributed by atoms with Crippen LogP contribution in [0.15, 0.2) is 30.9 Å². The van der Waals surface area contributed by atoms with E-state index in [1.807, 2.05) is 0 Å². The average Bonchev–Trinajstić information content (AvgIpc) is 2.76. The van der Waals surface area contributed by atoms with Crippen molar-refractivity contribution in [2.75, 3.05) is 6.54 Å². The Labute approximate surface area is 137 Å². The number of rotatable bonds is 6. The van der Waals surface area contributed by atoms with Gasteiger partial charge in [0.15, 0.2) is 6.04 Å². The lowest BCUT2D eigenvalue weighted by molar-refractivity contribution is -0.141. The average molecular weight is 332 g/mol. The van der Waals surface area contributed by atoms with Gasteiger partial charge >= 0.3 is 5.97 Å². The number of aliphatic carboxylic acids is 1. The zero-order valence-electron chi connectivity index (χ0n) is 12.9. The lowest BCUT2D eigenvalue weighted by Gasteiger charge is -2.17. The maximum atomic E-state index is 12.2. The molecule has 0 unspecified atom stereocenters. The van der Waals surface area contributed by atoms with Crippen molar-refractivity contribution in [2.45, 2.75) is 19.1 Å². The number of carbonyl (C=O) groups excluding carboxylic acids is 3. The molecule has 0 aromatic heterocycles. The molecule has 2 atom stereocenters. The van der Waals surface area contributed by atoms with E-state index in [1.165, 1.54) is 31.2 Å². The van der Waals surface area contributed by atoms with Crippen molar-refractivity contribution < 1.29 is 29.4 Å². The summed E-state index contributed by atoms with van der Waals surface area (Å²) < 4.78 is 0. The number of benzene rings is 1. The number of carboxylic acids is 1. The Bertz CT molecular complexity index is 740. The SMILES string of the molecule is C=CCN1C(=O)c2ccc(C(=O)N[C@H](C(=O)O)[C@H](C)O)cc2C1=O. The number of carbonyl (C=O) groups is 4. The Kier molecular flexibility index (Phi) is 4.79. The fraction of sp³-hybridized carbons (Fsp3) is 0.250. The van der Waals surface area contributed by atoms with Crippen LogP contribution in [0.5, 0.6) is 0 Å². The molecule has 126 valence electrons. The Morgan fingerprint density at radius 3 is 2.46 bits per heavy atom. The fourth-order valence-corrected chi connectivity index (χ4v) is 2.34. The van der Waals surface area contributed by atoms with Crippen molar-refractivity contribution in [2.24, 2.45) is 0 Å². The third-order valence-electron chi connectivity index (χ3n) is 3.58. The highest BCUT2D eigenvalue weighted by Gasteiger charge is 2.35. The van der Waals surface area contributed by atoms with Crippen LogP contribution in [0.3, 0.4) is 0 Å². The first-order valence-corrected chi connectivity index (χ1v) is 7.10. The summed E-state index contributed by atoms with van der Waals surface area (Å²) in [4.78, 5) is 48.4. The molecule has 0 radical (unpaired) electrons. The van der Waals surface area contributed by atoms with E-state index in [2.05, 4.69) is 11.9 Å². The van der Waals surface area contributed by atoms with Gasteiger partial charge in [0.25, 0.3) is 17.7 Å². The highest BCUT2D eigenvalue weighted by Crippen LogP contribution is 2.24. The van der Waals surface area contributed by atoms with Crippen molar-refractivity contribution in [3.05, 3.63) is 47.5 Å². The molecular weight excluding hydrogens is 316 g/mol. The minimum atomic E-state index is -1.49. The second-order valence-electron chi connectivity index (χ2n) is 5.30. The highest BCUT2D eigenvalue weighted by atomic mass is 16.4. The van der Waals surface area contributed by atoms with E-state index in [9.17, 15) is 24.3 Å². The molecule has 0 fully saturated rings. The summed E-state index contributed by atoms with van der Waals surface area (Å²) in [6, 6.07) is 2.40. The van der Waals surface area contributed by atoms with E-state index >= 15 is 0 Å².